The minimum absolute atomic E-state index is 0. The number of hydrogen-bond donors (Lipinski definition) is 1. The molecule has 2 aliphatic heterocycles. The van der Waals surface area contributed by atoms with E-state index in [0.717, 1.165) is 56.8 Å². The van der Waals surface area contributed by atoms with E-state index >= 15 is 0 Å². The van der Waals surface area contributed by atoms with Gasteiger partial charge in [-0.15, -0.1) is 12.4 Å². The molecule has 1 aromatic rings. The maximum atomic E-state index is 12.9. The third kappa shape index (κ3) is 4.18. The van der Waals surface area contributed by atoms with Crippen LogP contribution >= 0.6 is 12.4 Å². The van der Waals surface area contributed by atoms with Crippen molar-refractivity contribution in [2.24, 2.45) is 5.92 Å². The lowest BCUT2D eigenvalue weighted by Gasteiger charge is -2.35. The third-order valence-corrected chi connectivity index (χ3v) is 4.87. The van der Waals surface area contributed by atoms with Gasteiger partial charge >= 0.3 is 0 Å². The second kappa shape index (κ2) is 8.55. The number of ether oxygens (including phenoxy) is 1. The summed E-state index contributed by atoms with van der Waals surface area (Å²) in [7, 11) is 0. The number of rotatable bonds is 4. The fourth-order valence-corrected chi connectivity index (χ4v) is 3.52. The molecule has 5 heteroatoms. The summed E-state index contributed by atoms with van der Waals surface area (Å²) in [6.07, 6.45) is 3.03. The zero-order valence-corrected chi connectivity index (χ0v) is 14.6. The van der Waals surface area contributed by atoms with Crippen molar-refractivity contribution in [3.63, 3.8) is 0 Å². The van der Waals surface area contributed by atoms with Crippen molar-refractivity contribution in [1.82, 2.24) is 10.2 Å². The lowest BCUT2D eigenvalue weighted by molar-refractivity contribution is -0.134. The van der Waals surface area contributed by atoms with Gasteiger partial charge in [0.15, 0.2) is 0 Å². The monoisotopic (exact) mass is 338 g/mol. The molecule has 0 bridgehead atoms. The topological polar surface area (TPSA) is 41.6 Å². The third-order valence-electron chi connectivity index (χ3n) is 4.87. The number of hydrogen-bond acceptors (Lipinski definition) is 3. The van der Waals surface area contributed by atoms with E-state index in [1.54, 1.807) is 0 Å². The van der Waals surface area contributed by atoms with Crippen LogP contribution in [0.15, 0.2) is 24.3 Å². The molecule has 1 atom stereocenters. The molecule has 1 N–H and O–H groups in total. The van der Waals surface area contributed by atoms with Crippen LogP contribution in [-0.2, 0) is 4.79 Å². The number of carbonyl (C=O) groups is 1. The van der Waals surface area contributed by atoms with Crippen LogP contribution < -0.4 is 10.1 Å². The molecule has 1 saturated heterocycles. The van der Waals surface area contributed by atoms with Crippen LogP contribution in [0.2, 0.25) is 0 Å². The molecule has 0 aromatic heterocycles. The average Bonchev–Trinajstić information content (AvgIpc) is 2.59. The number of para-hydroxylation sites is 1. The van der Waals surface area contributed by atoms with E-state index in [2.05, 4.69) is 17.1 Å². The van der Waals surface area contributed by atoms with E-state index in [0.29, 0.717) is 12.5 Å². The minimum Gasteiger partial charge on any atom is -0.493 e. The highest BCUT2D eigenvalue weighted by atomic mass is 35.5. The Bertz CT molecular complexity index is 515. The van der Waals surface area contributed by atoms with E-state index < -0.39 is 0 Å². The fourth-order valence-electron chi connectivity index (χ4n) is 3.52. The molecule has 1 amide bonds. The van der Waals surface area contributed by atoms with E-state index in [9.17, 15) is 4.79 Å². The van der Waals surface area contributed by atoms with Gasteiger partial charge in [-0.3, -0.25) is 4.79 Å². The van der Waals surface area contributed by atoms with Gasteiger partial charge in [-0.05, 0) is 44.3 Å². The summed E-state index contributed by atoms with van der Waals surface area (Å²) >= 11 is 0. The Morgan fingerprint density at radius 2 is 2.00 bits per heavy atom. The number of nitrogens with zero attached hydrogens (tertiary/aromatic N) is 1. The van der Waals surface area contributed by atoms with Gasteiger partial charge in [0, 0.05) is 18.7 Å². The Hall–Kier alpha value is -1.26. The summed E-state index contributed by atoms with van der Waals surface area (Å²) in [5.74, 6) is 1.87. The first-order chi connectivity index (χ1) is 10.8. The van der Waals surface area contributed by atoms with Crippen LogP contribution in [0.1, 0.15) is 37.7 Å². The van der Waals surface area contributed by atoms with Crippen molar-refractivity contribution in [2.75, 3.05) is 32.8 Å². The summed E-state index contributed by atoms with van der Waals surface area (Å²) in [6, 6.07) is 7.97. The highest BCUT2D eigenvalue weighted by molar-refractivity contribution is 5.85. The lowest BCUT2D eigenvalue weighted by Crippen LogP contribution is -2.43. The summed E-state index contributed by atoms with van der Waals surface area (Å²) in [6.45, 7) is 6.69. The number of carbonyl (C=O) groups excluding carboxylic acids is 1. The highest BCUT2D eigenvalue weighted by Crippen LogP contribution is 2.35. The SMILES string of the molecule is CCNCC1CCN(C(=O)C2CCOc3ccccc32)CC1.Cl. The maximum absolute atomic E-state index is 12.9. The molecule has 0 radical (unpaired) electrons. The standard InChI is InChI=1S/C18H26N2O2.ClH/c1-2-19-13-14-7-10-20(11-8-14)18(21)16-9-12-22-17-6-4-3-5-15(16)17;/h3-6,14,16,19H,2,7-13H2,1H3;1H. The molecule has 0 spiro atoms. The minimum atomic E-state index is -0.0183. The normalized spacial score (nSPS) is 21.1. The number of halogens is 1. The first-order valence-corrected chi connectivity index (χ1v) is 8.50. The van der Waals surface area contributed by atoms with Crippen molar-refractivity contribution in [3.05, 3.63) is 29.8 Å². The van der Waals surface area contributed by atoms with Crippen LogP contribution in [0.5, 0.6) is 5.75 Å². The predicted molar refractivity (Wildman–Crippen MR) is 94.4 cm³/mol. The fraction of sp³-hybridized carbons (Fsp3) is 0.611. The number of piperidine rings is 1. The van der Waals surface area contributed by atoms with Crippen LogP contribution in [0.4, 0.5) is 0 Å². The summed E-state index contributed by atoms with van der Waals surface area (Å²) < 4.78 is 5.67. The number of nitrogens with one attached hydrogen (secondary N) is 1. The van der Waals surface area contributed by atoms with Crippen molar-refractivity contribution in [1.29, 1.82) is 0 Å². The van der Waals surface area contributed by atoms with E-state index in [1.165, 1.54) is 0 Å². The Morgan fingerprint density at radius 1 is 1.26 bits per heavy atom. The zero-order chi connectivity index (χ0) is 15.4. The Morgan fingerprint density at radius 3 is 2.74 bits per heavy atom. The number of fused-ring (bicyclic) bond motifs is 1. The van der Waals surface area contributed by atoms with Gasteiger partial charge in [-0.2, -0.15) is 0 Å². The summed E-state index contributed by atoms with van der Waals surface area (Å²) in [5.41, 5.74) is 1.06. The van der Waals surface area contributed by atoms with Crippen molar-refractivity contribution < 1.29 is 9.53 Å². The molecule has 3 rings (SSSR count). The van der Waals surface area contributed by atoms with E-state index in [1.807, 2.05) is 24.3 Å². The number of benzene rings is 1. The average molecular weight is 339 g/mol. The molecule has 0 aliphatic carbocycles. The van der Waals surface area contributed by atoms with E-state index in [-0.39, 0.29) is 24.2 Å². The van der Waals surface area contributed by atoms with Gasteiger partial charge in [0.2, 0.25) is 5.91 Å². The molecule has 1 aromatic carbocycles. The second-order valence-corrected chi connectivity index (χ2v) is 6.30. The Kier molecular flexibility index (Phi) is 6.72. The Labute approximate surface area is 145 Å². The number of likely N-dealkylation sites (tertiary alicyclic amines) is 1. The van der Waals surface area contributed by atoms with Crippen molar-refractivity contribution >= 4 is 18.3 Å². The molecule has 1 unspecified atom stereocenters. The van der Waals surface area contributed by atoms with Crippen molar-refractivity contribution in [3.8, 4) is 5.75 Å². The quantitative estimate of drug-likeness (QED) is 0.917. The van der Waals surface area contributed by atoms with Gasteiger partial charge in [0.1, 0.15) is 5.75 Å². The lowest BCUT2D eigenvalue weighted by atomic mass is 9.90. The van der Waals surface area contributed by atoms with E-state index in [4.69, 9.17) is 4.74 Å². The zero-order valence-electron chi connectivity index (χ0n) is 13.8. The van der Waals surface area contributed by atoms with Crippen LogP contribution in [0, 0.1) is 5.92 Å². The number of amides is 1. The predicted octanol–water partition coefficient (Wildman–Crippen LogP) is 2.82. The first-order valence-electron chi connectivity index (χ1n) is 8.50. The van der Waals surface area contributed by atoms with Gasteiger partial charge in [-0.25, -0.2) is 0 Å². The van der Waals surface area contributed by atoms with Crippen LogP contribution in [0.3, 0.4) is 0 Å². The van der Waals surface area contributed by atoms with Gasteiger partial charge in [0.25, 0.3) is 0 Å². The summed E-state index contributed by atoms with van der Waals surface area (Å²) in [4.78, 5) is 15.0. The van der Waals surface area contributed by atoms with Crippen LogP contribution in [0.25, 0.3) is 0 Å². The molecular formula is C18H27ClN2O2. The maximum Gasteiger partial charge on any atom is 0.230 e. The first kappa shape index (κ1) is 18.1. The molecule has 23 heavy (non-hydrogen) atoms. The smallest absolute Gasteiger partial charge is 0.230 e. The largest absolute Gasteiger partial charge is 0.493 e. The molecule has 0 saturated carbocycles. The van der Waals surface area contributed by atoms with Gasteiger partial charge in [0.05, 0.1) is 12.5 Å². The molecule has 2 aliphatic rings. The van der Waals surface area contributed by atoms with Crippen LogP contribution in [-0.4, -0.2) is 43.6 Å². The van der Waals surface area contributed by atoms with Gasteiger partial charge in [-0.1, -0.05) is 25.1 Å². The molecule has 2 heterocycles. The highest BCUT2D eigenvalue weighted by Gasteiger charge is 2.32. The second-order valence-electron chi connectivity index (χ2n) is 6.30. The van der Waals surface area contributed by atoms with Crippen molar-refractivity contribution in [2.45, 2.75) is 32.1 Å². The molecule has 4 nitrogen and oxygen atoms in total. The molecule has 128 valence electrons. The Balaban J connectivity index is 0.00000192. The molecule has 1 fully saturated rings. The van der Waals surface area contributed by atoms with Gasteiger partial charge < -0.3 is 15.0 Å². The molecular weight excluding hydrogens is 312 g/mol. The summed E-state index contributed by atoms with van der Waals surface area (Å²) in [5, 5.41) is 3.42.